The number of hydrogen-bond acceptors (Lipinski definition) is 3. The van der Waals surface area contributed by atoms with Crippen molar-refractivity contribution in [3.8, 4) is 0 Å². The lowest BCUT2D eigenvalue weighted by Gasteiger charge is -2.36. The van der Waals surface area contributed by atoms with E-state index in [9.17, 15) is 9.50 Å². The summed E-state index contributed by atoms with van der Waals surface area (Å²) in [5.41, 5.74) is 0.827. The number of ether oxygens (including phenoxy) is 1. The first kappa shape index (κ1) is 15.7. The van der Waals surface area contributed by atoms with Crippen LogP contribution >= 0.6 is 11.6 Å². The van der Waals surface area contributed by atoms with Crippen LogP contribution in [0.3, 0.4) is 0 Å². The summed E-state index contributed by atoms with van der Waals surface area (Å²) >= 11 is 5.80. The van der Waals surface area contributed by atoms with Crippen molar-refractivity contribution in [1.29, 1.82) is 0 Å². The molecule has 0 aromatic heterocycles. The minimum absolute atomic E-state index is 0.0550. The molecule has 112 valence electrons. The highest BCUT2D eigenvalue weighted by Gasteiger charge is 2.32. The van der Waals surface area contributed by atoms with Crippen LogP contribution < -0.4 is 5.32 Å². The molecule has 0 saturated carbocycles. The van der Waals surface area contributed by atoms with Crippen molar-refractivity contribution in [2.75, 3.05) is 26.4 Å². The molecule has 1 fully saturated rings. The van der Waals surface area contributed by atoms with Crippen LogP contribution in [0.2, 0.25) is 5.02 Å². The molecule has 1 atom stereocenters. The highest BCUT2D eigenvalue weighted by atomic mass is 35.5. The van der Waals surface area contributed by atoms with E-state index in [1.165, 1.54) is 6.07 Å². The minimum atomic E-state index is -0.404. The maximum Gasteiger partial charge on any atom is 0.141 e. The van der Waals surface area contributed by atoms with Crippen molar-refractivity contribution < 1.29 is 14.2 Å². The molecule has 1 heterocycles. The minimum Gasteiger partial charge on any atom is -0.396 e. The Morgan fingerprint density at radius 1 is 1.45 bits per heavy atom. The largest absolute Gasteiger partial charge is 0.396 e. The fraction of sp³-hybridized carbons (Fsp3) is 0.600. The van der Waals surface area contributed by atoms with Crippen molar-refractivity contribution in [2.24, 2.45) is 5.41 Å². The van der Waals surface area contributed by atoms with E-state index >= 15 is 0 Å². The Morgan fingerprint density at radius 2 is 2.15 bits per heavy atom. The smallest absolute Gasteiger partial charge is 0.141 e. The van der Waals surface area contributed by atoms with Gasteiger partial charge in [0.15, 0.2) is 0 Å². The molecule has 1 unspecified atom stereocenters. The molecule has 1 saturated heterocycles. The van der Waals surface area contributed by atoms with Crippen LogP contribution in [0.15, 0.2) is 18.2 Å². The normalized spacial score (nSPS) is 19.8. The lowest BCUT2D eigenvalue weighted by molar-refractivity contribution is -0.0163. The number of benzene rings is 1. The monoisotopic (exact) mass is 301 g/mol. The maximum atomic E-state index is 13.2. The number of rotatable bonds is 5. The molecule has 5 heteroatoms. The Morgan fingerprint density at radius 3 is 2.75 bits per heavy atom. The van der Waals surface area contributed by atoms with Crippen LogP contribution in [0, 0.1) is 11.2 Å². The third-order valence-electron chi connectivity index (χ3n) is 4.12. The second kappa shape index (κ2) is 6.85. The Balaban J connectivity index is 1.96. The van der Waals surface area contributed by atoms with Gasteiger partial charge in [-0.15, -0.1) is 0 Å². The Kier molecular flexibility index (Phi) is 5.38. The molecule has 3 nitrogen and oxygen atoms in total. The first-order valence-corrected chi connectivity index (χ1v) is 7.31. The number of nitrogens with one attached hydrogen (secondary N) is 1. The standard InChI is InChI=1S/C15H21ClFNO2/c1-11(12-2-3-14(17)13(16)8-12)18-9-15(10-19)4-6-20-7-5-15/h2-3,8,11,18-19H,4-7,9-10H2,1H3. The van der Waals surface area contributed by atoms with Crippen LogP contribution in [0.25, 0.3) is 0 Å². The van der Waals surface area contributed by atoms with Gasteiger partial charge in [-0.1, -0.05) is 17.7 Å². The van der Waals surface area contributed by atoms with E-state index in [0.717, 1.165) is 18.4 Å². The van der Waals surface area contributed by atoms with Crippen molar-refractivity contribution in [1.82, 2.24) is 5.32 Å². The van der Waals surface area contributed by atoms with Gasteiger partial charge >= 0.3 is 0 Å². The van der Waals surface area contributed by atoms with Crippen LogP contribution in [0.5, 0.6) is 0 Å². The van der Waals surface area contributed by atoms with E-state index in [0.29, 0.717) is 19.8 Å². The zero-order valence-corrected chi connectivity index (χ0v) is 12.4. The SMILES string of the molecule is CC(NCC1(CO)CCOCC1)c1ccc(F)c(Cl)c1. The van der Waals surface area contributed by atoms with Crippen molar-refractivity contribution in [2.45, 2.75) is 25.8 Å². The van der Waals surface area contributed by atoms with Crippen LogP contribution in [0.1, 0.15) is 31.4 Å². The van der Waals surface area contributed by atoms with Gasteiger partial charge < -0.3 is 15.2 Å². The highest BCUT2D eigenvalue weighted by molar-refractivity contribution is 6.30. The molecule has 0 amide bonds. The van der Waals surface area contributed by atoms with Crippen LogP contribution in [-0.2, 0) is 4.74 Å². The zero-order valence-electron chi connectivity index (χ0n) is 11.7. The summed E-state index contributed by atoms with van der Waals surface area (Å²) in [5.74, 6) is -0.404. The van der Waals surface area contributed by atoms with Gasteiger partial charge in [-0.25, -0.2) is 4.39 Å². The van der Waals surface area contributed by atoms with Crippen LogP contribution in [0.4, 0.5) is 4.39 Å². The fourth-order valence-corrected chi connectivity index (χ4v) is 2.65. The molecule has 0 radical (unpaired) electrons. The average molecular weight is 302 g/mol. The molecule has 1 aromatic rings. The topological polar surface area (TPSA) is 41.5 Å². The van der Waals surface area contributed by atoms with Gasteiger partial charge in [0.2, 0.25) is 0 Å². The molecule has 0 aliphatic carbocycles. The summed E-state index contributed by atoms with van der Waals surface area (Å²) in [7, 11) is 0. The summed E-state index contributed by atoms with van der Waals surface area (Å²) < 4.78 is 18.5. The maximum absolute atomic E-state index is 13.2. The van der Waals surface area contributed by atoms with Gasteiger partial charge in [0.05, 0.1) is 11.6 Å². The molecular weight excluding hydrogens is 281 g/mol. The van der Waals surface area contributed by atoms with E-state index in [4.69, 9.17) is 16.3 Å². The quantitative estimate of drug-likeness (QED) is 0.878. The average Bonchev–Trinajstić information content (AvgIpc) is 2.48. The Hall–Kier alpha value is -0.680. The molecule has 2 rings (SSSR count). The molecule has 1 aliphatic heterocycles. The molecule has 20 heavy (non-hydrogen) atoms. The van der Waals surface area contributed by atoms with Gasteiger partial charge in [0.1, 0.15) is 5.82 Å². The van der Waals surface area contributed by atoms with E-state index in [2.05, 4.69) is 5.32 Å². The lowest BCUT2D eigenvalue weighted by Crippen LogP contribution is -2.42. The molecule has 1 aromatic carbocycles. The Bertz CT molecular complexity index is 449. The molecule has 0 spiro atoms. The van der Waals surface area contributed by atoms with Gasteiger partial charge in [-0.3, -0.25) is 0 Å². The first-order valence-electron chi connectivity index (χ1n) is 6.93. The number of halogens is 2. The van der Waals surface area contributed by atoms with Gasteiger partial charge in [0.25, 0.3) is 0 Å². The zero-order chi connectivity index (χ0) is 14.6. The summed E-state index contributed by atoms with van der Waals surface area (Å²) in [5, 5.41) is 13.2. The second-order valence-electron chi connectivity index (χ2n) is 5.55. The van der Waals surface area contributed by atoms with Gasteiger partial charge in [-0.2, -0.15) is 0 Å². The van der Waals surface area contributed by atoms with E-state index in [1.807, 2.05) is 6.92 Å². The van der Waals surface area contributed by atoms with E-state index in [1.54, 1.807) is 12.1 Å². The molecular formula is C15H21ClFNO2. The second-order valence-corrected chi connectivity index (χ2v) is 5.95. The number of aliphatic hydroxyl groups is 1. The van der Waals surface area contributed by atoms with Crippen molar-refractivity contribution >= 4 is 11.6 Å². The summed E-state index contributed by atoms with van der Waals surface area (Å²) in [6.07, 6.45) is 1.71. The number of aliphatic hydroxyl groups excluding tert-OH is 1. The Labute approximate surface area is 124 Å². The van der Waals surface area contributed by atoms with E-state index in [-0.39, 0.29) is 23.1 Å². The summed E-state index contributed by atoms with van der Waals surface area (Å²) in [4.78, 5) is 0. The van der Waals surface area contributed by atoms with Gasteiger partial charge in [0, 0.05) is 31.2 Å². The van der Waals surface area contributed by atoms with Crippen molar-refractivity contribution in [3.05, 3.63) is 34.6 Å². The summed E-state index contributed by atoms with van der Waals surface area (Å²) in [6, 6.07) is 4.81. The predicted octanol–water partition coefficient (Wildman–Crippen LogP) is 2.92. The van der Waals surface area contributed by atoms with Gasteiger partial charge in [-0.05, 0) is 37.5 Å². The van der Waals surface area contributed by atoms with Crippen molar-refractivity contribution in [3.63, 3.8) is 0 Å². The number of hydrogen-bond donors (Lipinski definition) is 2. The summed E-state index contributed by atoms with van der Waals surface area (Å²) in [6.45, 7) is 4.26. The fourth-order valence-electron chi connectivity index (χ4n) is 2.46. The highest BCUT2D eigenvalue weighted by Crippen LogP contribution is 2.30. The predicted molar refractivity (Wildman–Crippen MR) is 77.4 cm³/mol. The molecule has 0 bridgehead atoms. The molecule has 1 aliphatic rings. The van der Waals surface area contributed by atoms with Crippen LogP contribution in [-0.4, -0.2) is 31.5 Å². The first-order chi connectivity index (χ1) is 9.56. The third-order valence-corrected chi connectivity index (χ3v) is 4.41. The lowest BCUT2D eigenvalue weighted by atomic mass is 9.80. The third kappa shape index (κ3) is 3.70. The molecule has 2 N–H and O–H groups in total. The van der Waals surface area contributed by atoms with E-state index < -0.39 is 5.82 Å².